The second kappa shape index (κ2) is 6.60. The summed E-state index contributed by atoms with van der Waals surface area (Å²) in [5.41, 5.74) is -0.257. The van der Waals surface area contributed by atoms with Crippen LogP contribution in [0.3, 0.4) is 0 Å². The molecule has 1 rings (SSSR count). The number of benzene rings is 1. The maximum absolute atomic E-state index is 11.8. The summed E-state index contributed by atoms with van der Waals surface area (Å²) in [4.78, 5) is 22.3. The lowest BCUT2D eigenvalue weighted by Crippen LogP contribution is -2.34. The molecule has 0 saturated heterocycles. The molecule has 7 nitrogen and oxygen atoms in total. The van der Waals surface area contributed by atoms with E-state index in [4.69, 9.17) is 9.84 Å². The number of hydrogen-bond donors (Lipinski definition) is 4. The van der Waals surface area contributed by atoms with E-state index in [1.165, 1.54) is 25.3 Å². The van der Waals surface area contributed by atoms with E-state index >= 15 is 0 Å². The smallest absolute Gasteiger partial charge is 0.306 e. The maximum Gasteiger partial charge on any atom is 0.306 e. The van der Waals surface area contributed by atoms with Gasteiger partial charge in [0, 0.05) is 13.7 Å². The molecule has 7 heteroatoms. The Kier molecular flexibility index (Phi) is 5.13. The van der Waals surface area contributed by atoms with Gasteiger partial charge in [0.2, 0.25) is 0 Å². The fourth-order valence-corrected chi connectivity index (χ4v) is 1.49. The van der Waals surface area contributed by atoms with E-state index in [1.54, 1.807) is 0 Å². The fraction of sp³-hybridized carbons (Fsp3) is 0.333. The van der Waals surface area contributed by atoms with Crippen molar-refractivity contribution in [3.05, 3.63) is 23.8 Å². The molecule has 19 heavy (non-hydrogen) atoms. The number of carboxylic acid groups (broad SMARTS) is 1. The quantitative estimate of drug-likeness (QED) is 0.591. The second-order valence-electron chi connectivity index (χ2n) is 3.84. The summed E-state index contributed by atoms with van der Waals surface area (Å²) in [7, 11) is 1.33. The molecule has 1 unspecified atom stereocenters. The molecule has 0 aliphatic rings. The van der Waals surface area contributed by atoms with Gasteiger partial charge in [-0.2, -0.15) is 0 Å². The SMILES string of the molecule is COC(CNC(=O)c1c(O)cccc1O)CC(=O)O. The summed E-state index contributed by atoms with van der Waals surface area (Å²) in [6.07, 6.45) is -0.946. The maximum atomic E-state index is 11.8. The molecular weight excluding hydrogens is 254 g/mol. The van der Waals surface area contributed by atoms with Crippen LogP contribution in [0.5, 0.6) is 11.5 Å². The lowest BCUT2D eigenvalue weighted by Gasteiger charge is -2.14. The number of nitrogens with one attached hydrogen (secondary N) is 1. The van der Waals surface area contributed by atoms with E-state index in [9.17, 15) is 19.8 Å². The van der Waals surface area contributed by atoms with Gasteiger partial charge in [-0.1, -0.05) is 6.07 Å². The largest absolute Gasteiger partial charge is 0.507 e. The Labute approximate surface area is 109 Å². The van der Waals surface area contributed by atoms with Crippen LogP contribution in [-0.2, 0) is 9.53 Å². The molecular formula is C12H15NO6. The van der Waals surface area contributed by atoms with Crippen molar-refractivity contribution in [3.63, 3.8) is 0 Å². The molecule has 0 fully saturated rings. The summed E-state index contributed by atoms with van der Waals surface area (Å²) in [5.74, 6) is -2.47. The van der Waals surface area contributed by atoms with Crippen molar-refractivity contribution in [1.82, 2.24) is 5.32 Å². The molecule has 0 aliphatic carbocycles. The first-order valence-corrected chi connectivity index (χ1v) is 5.49. The van der Waals surface area contributed by atoms with Crippen LogP contribution < -0.4 is 5.32 Å². The third-order valence-electron chi connectivity index (χ3n) is 2.47. The highest BCUT2D eigenvalue weighted by Crippen LogP contribution is 2.25. The molecule has 1 aromatic carbocycles. The van der Waals surface area contributed by atoms with E-state index in [2.05, 4.69) is 5.32 Å². The molecule has 4 N–H and O–H groups in total. The molecule has 0 spiro atoms. The van der Waals surface area contributed by atoms with E-state index in [1.807, 2.05) is 0 Å². The lowest BCUT2D eigenvalue weighted by atomic mass is 10.1. The van der Waals surface area contributed by atoms with Crippen molar-refractivity contribution in [1.29, 1.82) is 0 Å². The summed E-state index contributed by atoms with van der Waals surface area (Å²) in [6.45, 7) is -0.0462. The van der Waals surface area contributed by atoms with Crippen LogP contribution in [-0.4, -0.2) is 47.0 Å². The minimum absolute atomic E-state index is 0.0462. The number of ether oxygens (including phenoxy) is 1. The Hall–Kier alpha value is -2.28. The van der Waals surface area contributed by atoms with Crippen LogP contribution in [0.25, 0.3) is 0 Å². The predicted octanol–water partition coefficient (Wildman–Crippen LogP) is 0.317. The Morgan fingerprint density at radius 2 is 1.89 bits per heavy atom. The van der Waals surface area contributed by atoms with E-state index < -0.39 is 18.0 Å². The first-order chi connectivity index (χ1) is 8.95. The predicted molar refractivity (Wildman–Crippen MR) is 65.2 cm³/mol. The normalized spacial score (nSPS) is 11.8. The number of phenols is 2. The van der Waals surface area contributed by atoms with Gasteiger partial charge in [-0.15, -0.1) is 0 Å². The number of rotatable bonds is 6. The van der Waals surface area contributed by atoms with Gasteiger partial charge in [-0.25, -0.2) is 0 Å². The molecule has 1 aromatic rings. The van der Waals surface area contributed by atoms with E-state index in [0.717, 1.165) is 0 Å². The standard InChI is InChI=1S/C12H15NO6/c1-19-7(5-10(16)17)6-13-12(18)11-8(14)3-2-4-9(11)15/h2-4,7,14-15H,5-6H2,1H3,(H,13,18)(H,16,17). The Bertz CT molecular complexity index is 453. The van der Waals surface area contributed by atoms with Crippen LogP contribution in [0.1, 0.15) is 16.8 Å². The summed E-state index contributed by atoms with van der Waals surface area (Å²) >= 11 is 0. The Morgan fingerprint density at radius 3 is 2.37 bits per heavy atom. The summed E-state index contributed by atoms with van der Waals surface area (Å²) in [6, 6.07) is 3.92. The number of phenolic OH excluding ortho intramolecular Hbond substituents is 2. The third kappa shape index (κ3) is 4.14. The molecule has 0 radical (unpaired) electrons. The van der Waals surface area contributed by atoms with Gasteiger partial charge < -0.3 is 25.4 Å². The van der Waals surface area contributed by atoms with Gasteiger partial charge in [-0.05, 0) is 12.1 Å². The minimum Gasteiger partial charge on any atom is -0.507 e. The molecule has 0 saturated carbocycles. The van der Waals surface area contributed by atoms with E-state index in [0.29, 0.717) is 0 Å². The number of aliphatic carboxylic acids is 1. The Balaban J connectivity index is 2.67. The van der Waals surface area contributed by atoms with Crippen LogP contribution >= 0.6 is 0 Å². The van der Waals surface area contributed by atoms with Gasteiger partial charge in [0.1, 0.15) is 17.1 Å². The van der Waals surface area contributed by atoms with E-state index in [-0.39, 0.29) is 30.0 Å². The van der Waals surface area contributed by atoms with Crippen LogP contribution in [0, 0.1) is 0 Å². The topological polar surface area (TPSA) is 116 Å². The highest BCUT2D eigenvalue weighted by atomic mass is 16.5. The molecule has 0 heterocycles. The molecule has 0 bridgehead atoms. The average molecular weight is 269 g/mol. The fourth-order valence-electron chi connectivity index (χ4n) is 1.49. The monoisotopic (exact) mass is 269 g/mol. The van der Waals surface area contributed by atoms with Crippen LogP contribution in [0.2, 0.25) is 0 Å². The van der Waals surface area contributed by atoms with Crippen molar-refractivity contribution in [3.8, 4) is 11.5 Å². The Morgan fingerprint density at radius 1 is 1.32 bits per heavy atom. The highest BCUT2D eigenvalue weighted by Gasteiger charge is 2.18. The van der Waals surface area contributed by atoms with Crippen LogP contribution in [0.4, 0.5) is 0 Å². The van der Waals surface area contributed by atoms with Gasteiger partial charge in [0.25, 0.3) is 5.91 Å². The first kappa shape index (κ1) is 14.8. The number of aromatic hydroxyl groups is 2. The lowest BCUT2D eigenvalue weighted by molar-refractivity contribution is -0.139. The third-order valence-corrected chi connectivity index (χ3v) is 2.47. The van der Waals surface area contributed by atoms with Crippen molar-refractivity contribution >= 4 is 11.9 Å². The van der Waals surface area contributed by atoms with Crippen molar-refractivity contribution < 1.29 is 29.6 Å². The summed E-state index contributed by atoms with van der Waals surface area (Å²) in [5, 5.41) is 30.0. The number of carbonyl (C=O) groups excluding carboxylic acids is 1. The second-order valence-corrected chi connectivity index (χ2v) is 3.84. The average Bonchev–Trinajstić information content (AvgIpc) is 2.33. The molecule has 1 amide bonds. The number of hydrogen-bond acceptors (Lipinski definition) is 5. The molecule has 104 valence electrons. The zero-order valence-corrected chi connectivity index (χ0v) is 10.3. The highest BCUT2D eigenvalue weighted by molar-refractivity contribution is 5.99. The van der Waals surface area contributed by atoms with Gasteiger partial charge >= 0.3 is 5.97 Å². The molecule has 0 aliphatic heterocycles. The van der Waals surface area contributed by atoms with Crippen molar-refractivity contribution in [2.45, 2.75) is 12.5 Å². The molecule has 0 aromatic heterocycles. The summed E-state index contributed by atoms with van der Waals surface area (Å²) < 4.78 is 4.89. The van der Waals surface area contributed by atoms with Crippen molar-refractivity contribution in [2.24, 2.45) is 0 Å². The van der Waals surface area contributed by atoms with Crippen LogP contribution in [0.15, 0.2) is 18.2 Å². The molecule has 1 atom stereocenters. The van der Waals surface area contributed by atoms with Gasteiger partial charge in [-0.3, -0.25) is 9.59 Å². The number of amides is 1. The number of methoxy groups -OCH3 is 1. The zero-order chi connectivity index (χ0) is 14.4. The first-order valence-electron chi connectivity index (χ1n) is 5.49. The van der Waals surface area contributed by atoms with Gasteiger partial charge in [0.05, 0.1) is 12.5 Å². The van der Waals surface area contributed by atoms with Gasteiger partial charge in [0.15, 0.2) is 0 Å². The zero-order valence-electron chi connectivity index (χ0n) is 10.3. The minimum atomic E-state index is -1.05. The van der Waals surface area contributed by atoms with Crippen molar-refractivity contribution in [2.75, 3.05) is 13.7 Å². The number of carboxylic acids is 1. The number of carbonyl (C=O) groups is 2.